The molecule has 1 saturated heterocycles. The zero-order chi connectivity index (χ0) is 10.0. The Hall–Kier alpha value is -0.0800. The summed E-state index contributed by atoms with van der Waals surface area (Å²) in [5.74, 6) is 2.22. The highest BCUT2D eigenvalue weighted by atomic mass is 15.2. The van der Waals surface area contributed by atoms with Crippen molar-refractivity contribution >= 4 is 0 Å². The first kappa shape index (κ1) is 11.0. The zero-order valence-corrected chi connectivity index (χ0v) is 9.59. The molecule has 78 valence electrons. The number of hydrogen-bond donors (Lipinski definition) is 2. The zero-order valence-electron chi connectivity index (χ0n) is 9.59. The van der Waals surface area contributed by atoms with Crippen molar-refractivity contribution in [1.29, 1.82) is 0 Å². The monoisotopic (exact) mass is 184 g/mol. The van der Waals surface area contributed by atoms with Gasteiger partial charge in [0, 0.05) is 12.6 Å². The summed E-state index contributed by atoms with van der Waals surface area (Å²) in [7, 11) is 0. The predicted octanol–water partition coefficient (Wildman–Crippen LogP) is 1.82. The molecule has 0 aromatic carbocycles. The minimum atomic E-state index is 0.505. The van der Waals surface area contributed by atoms with Gasteiger partial charge in [0.05, 0.1) is 6.17 Å². The van der Waals surface area contributed by atoms with Crippen LogP contribution in [0.1, 0.15) is 34.6 Å². The third-order valence-corrected chi connectivity index (χ3v) is 3.18. The van der Waals surface area contributed by atoms with Crippen LogP contribution < -0.4 is 10.6 Å². The third kappa shape index (κ3) is 2.68. The molecule has 1 heterocycles. The lowest BCUT2D eigenvalue weighted by atomic mass is 9.86. The number of hydrogen-bond acceptors (Lipinski definition) is 2. The van der Waals surface area contributed by atoms with Crippen LogP contribution in [0.25, 0.3) is 0 Å². The van der Waals surface area contributed by atoms with Gasteiger partial charge in [-0.3, -0.25) is 5.32 Å². The maximum Gasteiger partial charge on any atom is 0.0597 e. The van der Waals surface area contributed by atoms with Gasteiger partial charge >= 0.3 is 0 Å². The van der Waals surface area contributed by atoms with E-state index in [1.54, 1.807) is 0 Å². The summed E-state index contributed by atoms with van der Waals surface area (Å²) in [4.78, 5) is 0. The molecule has 0 aromatic rings. The van der Waals surface area contributed by atoms with Gasteiger partial charge < -0.3 is 5.32 Å². The lowest BCUT2D eigenvalue weighted by Gasteiger charge is -2.40. The van der Waals surface area contributed by atoms with Gasteiger partial charge in [-0.1, -0.05) is 27.7 Å². The van der Waals surface area contributed by atoms with E-state index in [4.69, 9.17) is 0 Å². The van der Waals surface area contributed by atoms with E-state index in [2.05, 4.69) is 45.3 Å². The van der Waals surface area contributed by atoms with Crippen LogP contribution in [0.15, 0.2) is 0 Å². The van der Waals surface area contributed by atoms with Crippen molar-refractivity contribution < 1.29 is 0 Å². The Morgan fingerprint density at radius 2 is 1.69 bits per heavy atom. The Kier molecular flexibility index (Phi) is 3.74. The molecule has 0 aliphatic carbocycles. The van der Waals surface area contributed by atoms with Gasteiger partial charge in [0.15, 0.2) is 0 Å². The van der Waals surface area contributed by atoms with Gasteiger partial charge in [-0.05, 0) is 24.7 Å². The first-order valence-electron chi connectivity index (χ1n) is 5.51. The van der Waals surface area contributed by atoms with Gasteiger partial charge in [0.2, 0.25) is 0 Å². The fraction of sp³-hybridized carbons (Fsp3) is 1.00. The largest absolute Gasteiger partial charge is 0.301 e. The summed E-state index contributed by atoms with van der Waals surface area (Å²) in [5.41, 5.74) is 0. The fourth-order valence-corrected chi connectivity index (χ4v) is 2.15. The number of nitrogens with one attached hydrogen (secondary N) is 2. The second-order valence-corrected chi connectivity index (χ2v) is 4.99. The van der Waals surface area contributed by atoms with E-state index in [9.17, 15) is 0 Å². The fourth-order valence-electron chi connectivity index (χ4n) is 2.15. The van der Waals surface area contributed by atoms with E-state index < -0.39 is 0 Å². The highest BCUT2D eigenvalue weighted by Gasteiger charge is 2.29. The molecule has 0 amide bonds. The van der Waals surface area contributed by atoms with Crippen LogP contribution in [-0.2, 0) is 0 Å². The molecule has 13 heavy (non-hydrogen) atoms. The molecule has 0 spiro atoms. The molecule has 3 unspecified atom stereocenters. The molecule has 3 atom stereocenters. The van der Waals surface area contributed by atoms with Crippen LogP contribution in [0, 0.1) is 17.8 Å². The molecule has 0 bridgehead atoms. The summed E-state index contributed by atoms with van der Waals surface area (Å²) in [6.07, 6.45) is 0.505. The standard InChI is InChI=1S/C11H24N2/c1-7(2)10-6-12-11(8(3)4)13-9(10)5/h7-13H,6H2,1-5H3. The van der Waals surface area contributed by atoms with Crippen molar-refractivity contribution in [2.75, 3.05) is 6.54 Å². The van der Waals surface area contributed by atoms with E-state index in [0.717, 1.165) is 18.4 Å². The van der Waals surface area contributed by atoms with Crippen molar-refractivity contribution in [3.05, 3.63) is 0 Å². The smallest absolute Gasteiger partial charge is 0.0597 e. The van der Waals surface area contributed by atoms with Gasteiger partial charge in [-0.15, -0.1) is 0 Å². The molecular formula is C11H24N2. The van der Waals surface area contributed by atoms with Gasteiger partial charge in [0.1, 0.15) is 0 Å². The van der Waals surface area contributed by atoms with Crippen molar-refractivity contribution in [1.82, 2.24) is 10.6 Å². The second kappa shape index (κ2) is 4.43. The molecule has 1 rings (SSSR count). The maximum atomic E-state index is 3.64. The highest BCUT2D eigenvalue weighted by Crippen LogP contribution is 2.19. The van der Waals surface area contributed by atoms with E-state index in [-0.39, 0.29) is 0 Å². The Labute approximate surface area is 82.5 Å². The molecule has 2 heteroatoms. The molecule has 1 aliphatic rings. The summed E-state index contributed by atoms with van der Waals surface area (Å²) in [6, 6.07) is 0.647. The molecule has 1 fully saturated rings. The Balaban J connectivity index is 2.46. The molecule has 2 nitrogen and oxygen atoms in total. The Morgan fingerprint density at radius 3 is 2.08 bits per heavy atom. The average molecular weight is 184 g/mol. The minimum Gasteiger partial charge on any atom is -0.301 e. The van der Waals surface area contributed by atoms with Crippen molar-refractivity contribution in [2.24, 2.45) is 17.8 Å². The molecule has 0 aromatic heterocycles. The van der Waals surface area contributed by atoms with Crippen LogP contribution >= 0.6 is 0 Å². The van der Waals surface area contributed by atoms with Crippen molar-refractivity contribution in [3.8, 4) is 0 Å². The van der Waals surface area contributed by atoms with E-state index in [1.807, 2.05) is 0 Å². The maximum absolute atomic E-state index is 3.64. The lowest BCUT2D eigenvalue weighted by Crippen LogP contribution is -2.60. The van der Waals surface area contributed by atoms with Crippen LogP contribution in [0.2, 0.25) is 0 Å². The second-order valence-electron chi connectivity index (χ2n) is 4.99. The minimum absolute atomic E-state index is 0.505. The Bertz CT molecular complexity index is 154. The summed E-state index contributed by atoms with van der Waals surface area (Å²) in [5, 5.41) is 7.21. The topological polar surface area (TPSA) is 24.1 Å². The molecule has 0 saturated carbocycles. The summed E-state index contributed by atoms with van der Waals surface area (Å²) in [6.45, 7) is 12.6. The third-order valence-electron chi connectivity index (χ3n) is 3.18. The van der Waals surface area contributed by atoms with Crippen LogP contribution in [0.3, 0.4) is 0 Å². The molecule has 0 radical (unpaired) electrons. The SMILES string of the molecule is CC(C)C1NCC(C(C)C)C(C)N1. The van der Waals surface area contributed by atoms with E-state index in [0.29, 0.717) is 18.1 Å². The Morgan fingerprint density at radius 1 is 1.08 bits per heavy atom. The van der Waals surface area contributed by atoms with Crippen LogP contribution in [0.4, 0.5) is 0 Å². The first-order valence-corrected chi connectivity index (χ1v) is 5.51. The lowest BCUT2D eigenvalue weighted by molar-refractivity contribution is 0.162. The van der Waals surface area contributed by atoms with Gasteiger partial charge in [-0.2, -0.15) is 0 Å². The van der Waals surface area contributed by atoms with E-state index >= 15 is 0 Å². The average Bonchev–Trinajstić information content (AvgIpc) is 2.03. The first-order chi connectivity index (χ1) is 6.02. The summed E-state index contributed by atoms with van der Waals surface area (Å²) >= 11 is 0. The van der Waals surface area contributed by atoms with Crippen LogP contribution in [0.5, 0.6) is 0 Å². The predicted molar refractivity (Wildman–Crippen MR) is 57.6 cm³/mol. The molecular weight excluding hydrogens is 160 g/mol. The van der Waals surface area contributed by atoms with Gasteiger partial charge in [0.25, 0.3) is 0 Å². The summed E-state index contributed by atoms with van der Waals surface area (Å²) < 4.78 is 0. The van der Waals surface area contributed by atoms with Gasteiger partial charge in [-0.25, -0.2) is 0 Å². The van der Waals surface area contributed by atoms with E-state index in [1.165, 1.54) is 0 Å². The molecule has 2 N–H and O–H groups in total. The quantitative estimate of drug-likeness (QED) is 0.684. The molecule has 1 aliphatic heterocycles. The highest BCUT2D eigenvalue weighted by molar-refractivity contribution is 4.86. The van der Waals surface area contributed by atoms with Crippen molar-refractivity contribution in [2.45, 2.75) is 46.8 Å². The van der Waals surface area contributed by atoms with Crippen LogP contribution in [-0.4, -0.2) is 18.8 Å². The normalized spacial score (nSPS) is 35.8. The van der Waals surface area contributed by atoms with Crippen molar-refractivity contribution in [3.63, 3.8) is 0 Å². The number of rotatable bonds is 2.